The van der Waals surface area contributed by atoms with Crippen LogP contribution >= 0.6 is 0 Å². The van der Waals surface area contributed by atoms with Crippen molar-refractivity contribution in [1.29, 1.82) is 0 Å². The third-order valence-corrected chi connectivity index (χ3v) is 8.47. The Kier molecular flexibility index (Phi) is 8.62. The van der Waals surface area contributed by atoms with Gasteiger partial charge in [-0.15, -0.1) is 0 Å². The molecule has 1 aromatic heterocycles. The lowest BCUT2D eigenvalue weighted by molar-refractivity contribution is 0.0733. The SMILES string of the molecule is C[C@@H]1CN([C@H](C)CO)S(=O)(=O)c2ccc(C#Cc3ccccn3)cc2O[C@@H]1CN(C)Cc1ccccc1. The molecule has 0 unspecified atom stereocenters. The first-order chi connectivity index (χ1) is 17.8. The molecule has 7 nitrogen and oxygen atoms in total. The summed E-state index contributed by atoms with van der Waals surface area (Å²) < 4.78 is 35.2. The van der Waals surface area contributed by atoms with Gasteiger partial charge in [-0.1, -0.05) is 49.2 Å². The molecule has 3 aromatic rings. The van der Waals surface area contributed by atoms with E-state index < -0.39 is 16.1 Å². The van der Waals surface area contributed by atoms with Gasteiger partial charge >= 0.3 is 0 Å². The van der Waals surface area contributed by atoms with Crippen LogP contribution in [-0.2, 0) is 16.6 Å². The van der Waals surface area contributed by atoms with Crippen molar-refractivity contribution in [3.05, 3.63) is 89.7 Å². The Labute approximate surface area is 219 Å². The summed E-state index contributed by atoms with van der Waals surface area (Å²) in [6.45, 7) is 5.02. The highest BCUT2D eigenvalue weighted by Crippen LogP contribution is 2.34. The number of benzene rings is 2. The van der Waals surface area contributed by atoms with E-state index in [-0.39, 0.29) is 35.8 Å². The molecule has 0 saturated heterocycles. The minimum Gasteiger partial charge on any atom is -0.487 e. The fraction of sp³-hybridized carbons (Fsp3) is 0.345. The summed E-state index contributed by atoms with van der Waals surface area (Å²) >= 11 is 0. The highest BCUT2D eigenvalue weighted by Gasteiger charge is 2.38. The van der Waals surface area contributed by atoms with E-state index in [0.717, 1.165) is 6.54 Å². The lowest BCUT2D eigenvalue weighted by Crippen LogP contribution is -2.49. The molecule has 8 heteroatoms. The summed E-state index contributed by atoms with van der Waals surface area (Å²) in [6, 6.07) is 20.0. The molecule has 0 bridgehead atoms. The number of rotatable bonds is 6. The Bertz CT molecular complexity index is 1350. The first-order valence-corrected chi connectivity index (χ1v) is 13.8. The molecule has 0 aliphatic carbocycles. The molecule has 0 radical (unpaired) electrons. The van der Waals surface area contributed by atoms with E-state index in [1.807, 2.05) is 50.4 Å². The van der Waals surface area contributed by atoms with Gasteiger partial charge in [0.25, 0.3) is 0 Å². The predicted molar refractivity (Wildman–Crippen MR) is 143 cm³/mol. The molecule has 0 amide bonds. The van der Waals surface area contributed by atoms with Crippen LogP contribution in [0.2, 0.25) is 0 Å². The highest BCUT2D eigenvalue weighted by molar-refractivity contribution is 7.89. The van der Waals surface area contributed by atoms with Gasteiger partial charge in [-0.05, 0) is 55.8 Å². The number of pyridine rings is 1. The molecule has 0 saturated carbocycles. The number of ether oxygens (including phenoxy) is 1. The van der Waals surface area contributed by atoms with Crippen molar-refractivity contribution in [1.82, 2.24) is 14.2 Å². The first kappa shape index (κ1) is 26.8. The zero-order chi connectivity index (χ0) is 26.4. The molecule has 1 N–H and O–H groups in total. The average Bonchev–Trinajstić information content (AvgIpc) is 2.90. The lowest BCUT2D eigenvalue weighted by atomic mass is 10.0. The summed E-state index contributed by atoms with van der Waals surface area (Å²) in [5.41, 5.74) is 2.44. The largest absolute Gasteiger partial charge is 0.487 e. The Morgan fingerprint density at radius 1 is 1.14 bits per heavy atom. The summed E-state index contributed by atoms with van der Waals surface area (Å²) in [6.07, 6.45) is 1.39. The van der Waals surface area contributed by atoms with Crippen LogP contribution in [0, 0.1) is 17.8 Å². The van der Waals surface area contributed by atoms with Gasteiger partial charge in [-0.2, -0.15) is 4.31 Å². The van der Waals surface area contributed by atoms with Crippen LogP contribution in [0.3, 0.4) is 0 Å². The summed E-state index contributed by atoms with van der Waals surface area (Å²) in [5, 5.41) is 9.84. The molecule has 1 aliphatic heterocycles. The van der Waals surface area contributed by atoms with Crippen molar-refractivity contribution < 1.29 is 18.3 Å². The van der Waals surface area contributed by atoms with Gasteiger partial charge in [-0.25, -0.2) is 13.4 Å². The molecular weight excluding hydrogens is 486 g/mol. The standard InChI is InChI=1S/C29H33N3O4S/c1-22-18-32(23(2)21-33)37(34,35)29-15-13-24(12-14-26-11-7-8-16-30-26)17-27(29)36-28(22)20-31(3)19-25-9-5-4-6-10-25/h4-11,13,15-17,22-23,28,33H,18-21H2,1-3H3/t22-,23-,28-/m1/s1. The van der Waals surface area contributed by atoms with Crippen molar-refractivity contribution in [3.8, 4) is 17.6 Å². The molecule has 2 aromatic carbocycles. The van der Waals surface area contributed by atoms with Crippen LogP contribution in [0.1, 0.15) is 30.7 Å². The van der Waals surface area contributed by atoms with E-state index in [4.69, 9.17) is 4.74 Å². The zero-order valence-electron chi connectivity index (χ0n) is 21.4. The number of hydrogen-bond donors (Lipinski definition) is 1. The molecule has 1 aliphatic rings. The van der Waals surface area contributed by atoms with Gasteiger partial charge in [0, 0.05) is 43.4 Å². The van der Waals surface area contributed by atoms with Crippen molar-refractivity contribution in [2.75, 3.05) is 26.7 Å². The van der Waals surface area contributed by atoms with Gasteiger partial charge in [0.1, 0.15) is 22.4 Å². The number of likely N-dealkylation sites (N-methyl/N-ethyl adjacent to an activating group) is 1. The normalized spacial score (nSPS) is 20.0. The van der Waals surface area contributed by atoms with Crippen molar-refractivity contribution in [2.45, 2.75) is 37.4 Å². The van der Waals surface area contributed by atoms with Crippen LogP contribution in [0.5, 0.6) is 5.75 Å². The van der Waals surface area contributed by atoms with Crippen LogP contribution in [-0.4, -0.2) is 66.6 Å². The van der Waals surface area contributed by atoms with Gasteiger partial charge in [0.15, 0.2) is 0 Å². The van der Waals surface area contributed by atoms with Gasteiger partial charge in [-0.3, -0.25) is 4.90 Å². The lowest BCUT2D eigenvalue weighted by Gasteiger charge is -2.37. The second-order valence-electron chi connectivity index (χ2n) is 9.55. The van der Waals surface area contributed by atoms with Gasteiger partial charge in [0.2, 0.25) is 10.0 Å². The minimum absolute atomic E-state index is 0.0822. The Hall–Kier alpha value is -3.22. The maximum atomic E-state index is 13.7. The molecule has 4 rings (SSSR count). The zero-order valence-corrected chi connectivity index (χ0v) is 22.2. The number of hydrogen-bond acceptors (Lipinski definition) is 6. The van der Waals surface area contributed by atoms with Crippen LogP contribution < -0.4 is 4.74 Å². The number of aromatic nitrogens is 1. The number of sulfonamides is 1. The second kappa shape index (κ2) is 11.9. The number of fused-ring (bicyclic) bond motifs is 1. The molecular formula is C29H33N3O4S. The van der Waals surface area contributed by atoms with Crippen molar-refractivity contribution in [2.24, 2.45) is 5.92 Å². The molecule has 3 atom stereocenters. The Morgan fingerprint density at radius 2 is 1.89 bits per heavy atom. The third-order valence-electron chi connectivity index (χ3n) is 6.45. The van der Waals surface area contributed by atoms with E-state index in [9.17, 15) is 13.5 Å². The monoisotopic (exact) mass is 519 g/mol. The van der Waals surface area contributed by atoms with E-state index in [1.165, 1.54) is 9.87 Å². The first-order valence-electron chi connectivity index (χ1n) is 12.4. The third kappa shape index (κ3) is 6.56. The summed E-state index contributed by atoms with van der Waals surface area (Å²) in [5.74, 6) is 6.23. The van der Waals surface area contributed by atoms with Gasteiger partial charge in [0.05, 0.1) is 6.61 Å². The van der Waals surface area contributed by atoms with E-state index in [2.05, 4.69) is 33.9 Å². The second-order valence-corrected chi connectivity index (χ2v) is 11.4. The highest BCUT2D eigenvalue weighted by atomic mass is 32.2. The topological polar surface area (TPSA) is 83.0 Å². The summed E-state index contributed by atoms with van der Waals surface area (Å²) in [7, 11) is -1.87. The Balaban J connectivity index is 1.69. The van der Waals surface area contributed by atoms with Crippen LogP contribution in [0.15, 0.2) is 77.8 Å². The average molecular weight is 520 g/mol. The van der Waals surface area contributed by atoms with E-state index in [0.29, 0.717) is 17.8 Å². The van der Waals surface area contributed by atoms with Crippen LogP contribution in [0.25, 0.3) is 0 Å². The van der Waals surface area contributed by atoms with Crippen LogP contribution in [0.4, 0.5) is 0 Å². The quantitative estimate of drug-likeness (QED) is 0.503. The number of aliphatic hydroxyl groups is 1. The fourth-order valence-electron chi connectivity index (χ4n) is 4.36. The fourth-order valence-corrected chi connectivity index (χ4v) is 6.19. The van der Waals surface area contributed by atoms with E-state index in [1.54, 1.807) is 31.3 Å². The maximum Gasteiger partial charge on any atom is 0.247 e. The maximum absolute atomic E-state index is 13.7. The number of aliphatic hydroxyl groups excluding tert-OH is 1. The molecule has 37 heavy (non-hydrogen) atoms. The van der Waals surface area contributed by atoms with Crippen molar-refractivity contribution in [3.63, 3.8) is 0 Å². The minimum atomic E-state index is -3.90. The molecule has 0 fully saturated rings. The molecule has 2 heterocycles. The molecule has 0 spiro atoms. The van der Waals surface area contributed by atoms with E-state index >= 15 is 0 Å². The predicted octanol–water partition coefficient (Wildman–Crippen LogP) is 3.38. The van der Waals surface area contributed by atoms with Crippen molar-refractivity contribution >= 4 is 10.0 Å². The number of nitrogens with zero attached hydrogens (tertiary/aromatic N) is 3. The smallest absolute Gasteiger partial charge is 0.247 e. The van der Waals surface area contributed by atoms with Gasteiger partial charge < -0.3 is 9.84 Å². The Morgan fingerprint density at radius 3 is 2.59 bits per heavy atom. The summed E-state index contributed by atoms with van der Waals surface area (Å²) in [4.78, 5) is 6.48. The molecule has 194 valence electrons.